The highest BCUT2D eigenvalue weighted by atomic mass is 35.5. The summed E-state index contributed by atoms with van der Waals surface area (Å²) in [7, 11) is 0. The average Bonchev–Trinajstić information content (AvgIpc) is 3.14. The molecule has 1 aromatic heterocycles. The second kappa shape index (κ2) is 10.8. The Morgan fingerprint density at radius 2 is 1.68 bits per heavy atom. The van der Waals surface area contributed by atoms with E-state index in [1.165, 1.54) is 10.6 Å². The molecular weight excluding hydrogens is 473 g/mol. The molecule has 0 aliphatic carbocycles. The number of hydrogen-bond acceptors (Lipinski definition) is 4. The first-order valence-electron chi connectivity index (χ1n) is 10.8. The lowest BCUT2D eigenvalue weighted by molar-refractivity contribution is -0.119. The summed E-state index contributed by atoms with van der Waals surface area (Å²) < 4.78 is 16.9. The zero-order chi connectivity index (χ0) is 24.1. The van der Waals surface area contributed by atoms with E-state index >= 15 is 0 Å². The number of aryl methyl sites for hydroxylation is 1. The van der Waals surface area contributed by atoms with E-state index in [1.807, 2.05) is 30.5 Å². The molecule has 5 nitrogen and oxygen atoms in total. The number of carbonyl (C=O) groups is 1. The lowest BCUT2D eigenvalue weighted by atomic mass is 10.1. The van der Waals surface area contributed by atoms with E-state index in [0.29, 0.717) is 34.8 Å². The SMILES string of the molecule is CSc1ccccc1CCC(=O)Cn1nc(-c2ccc(Cl)cc2)n(Cc2ccccc2F)c1=O. The van der Waals surface area contributed by atoms with Crippen molar-refractivity contribution >= 4 is 29.1 Å². The Labute approximate surface area is 206 Å². The maximum Gasteiger partial charge on any atom is 0.346 e. The van der Waals surface area contributed by atoms with Crippen LogP contribution >= 0.6 is 23.4 Å². The van der Waals surface area contributed by atoms with Crippen LogP contribution in [0, 0.1) is 5.82 Å². The number of Topliss-reactive ketones (excluding diaryl/α,β-unsaturated/α-hetero) is 1. The smallest absolute Gasteiger partial charge is 0.298 e. The van der Waals surface area contributed by atoms with Gasteiger partial charge in [0.2, 0.25) is 0 Å². The molecule has 0 radical (unpaired) electrons. The molecule has 0 aliphatic heterocycles. The van der Waals surface area contributed by atoms with Crippen molar-refractivity contribution in [1.29, 1.82) is 0 Å². The topological polar surface area (TPSA) is 56.9 Å². The summed E-state index contributed by atoms with van der Waals surface area (Å²) in [5.74, 6) is -0.158. The van der Waals surface area contributed by atoms with Crippen LogP contribution in [0.3, 0.4) is 0 Å². The largest absolute Gasteiger partial charge is 0.346 e. The highest BCUT2D eigenvalue weighted by molar-refractivity contribution is 7.98. The van der Waals surface area contributed by atoms with Gasteiger partial charge in [0.15, 0.2) is 11.6 Å². The van der Waals surface area contributed by atoms with Gasteiger partial charge in [-0.1, -0.05) is 48.0 Å². The first-order chi connectivity index (χ1) is 16.5. The van der Waals surface area contributed by atoms with Crippen LogP contribution in [0.15, 0.2) is 82.5 Å². The molecule has 8 heteroatoms. The average molecular weight is 496 g/mol. The van der Waals surface area contributed by atoms with Crippen LogP contribution in [0.25, 0.3) is 11.4 Å². The Kier molecular flexibility index (Phi) is 7.65. The van der Waals surface area contributed by atoms with Crippen molar-refractivity contribution < 1.29 is 9.18 Å². The van der Waals surface area contributed by atoms with Gasteiger partial charge in [0, 0.05) is 27.5 Å². The molecule has 0 amide bonds. The number of hydrogen-bond donors (Lipinski definition) is 0. The summed E-state index contributed by atoms with van der Waals surface area (Å²) in [5.41, 5.74) is 1.64. The molecule has 0 atom stereocenters. The molecule has 3 aromatic carbocycles. The fourth-order valence-electron chi connectivity index (χ4n) is 3.73. The van der Waals surface area contributed by atoms with Crippen LogP contribution in [0.4, 0.5) is 4.39 Å². The van der Waals surface area contributed by atoms with Gasteiger partial charge >= 0.3 is 5.69 Å². The molecular formula is C26H23ClFN3O2S. The van der Waals surface area contributed by atoms with Crippen molar-refractivity contribution in [2.75, 3.05) is 6.26 Å². The Morgan fingerprint density at radius 3 is 2.38 bits per heavy atom. The van der Waals surface area contributed by atoms with Gasteiger partial charge in [-0.3, -0.25) is 9.36 Å². The Hall–Kier alpha value is -3.16. The Balaban J connectivity index is 1.61. The minimum absolute atomic E-state index is 0.00123. The van der Waals surface area contributed by atoms with Crippen molar-refractivity contribution in [3.63, 3.8) is 0 Å². The molecule has 34 heavy (non-hydrogen) atoms. The van der Waals surface area contributed by atoms with E-state index in [9.17, 15) is 14.0 Å². The quantitative estimate of drug-likeness (QED) is 0.289. The number of nitrogens with zero attached hydrogens (tertiary/aromatic N) is 3. The van der Waals surface area contributed by atoms with Gasteiger partial charge in [-0.25, -0.2) is 13.9 Å². The van der Waals surface area contributed by atoms with Gasteiger partial charge in [0.1, 0.15) is 12.4 Å². The van der Waals surface area contributed by atoms with Crippen LogP contribution in [-0.4, -0.2) is 26.4 Å². The third-order valence-electron chi connectivity index (χ3n) is 5.50. The summed E-state index contributed by atoms with van der Waals surface area (Å²) in [4.78, 5) is 27.1. The third-order valence-corrected chi connectivity index (χ3v) is 6.59. The zero-order valence-corrected chi connectivity index (χ0v) is 20.2. The van der Waals surface area contributed by atoms with Crippen molar-refractivity contribution in [3.8, 4) is 11.4 Å². The number of halogens is 2. The van der Waals surface area contributed by atoms with E-state index in [-0.39, 0.29) is 18.9 Å². The molecule has 0 N–H and O–H groups in total. The summed E-state index contributed by atoms with van der Waals surface area (Å²) in [6.07, 6.45) is 2.88. The number of rotatable bonds is 9. The Morgan fingerprint density at radius 1 is 1.00 bits per heavy atom. The summed E-state index contributed by atoms with van der Waals surface area (Å²) in [6.45, 7) is -0.149. The molecule has 174 valence electrons. The highest BCUT2D eigenvalue weighted by Crippen LogP contribution is 2.22. The van der Waals surface area contributed by atoms with Gasteiger partial charge < -0.3 is 0 Å². The molecule has 0 spiro atoms. The molecule has 1 heterocycles. The van der Waals surface area contributed by atoms with Gasteiger partial charge in [-0.05, 0) is 54.6 Å². The van der Waals surface area contributed by atoms with Gasteiger partial charge in [-0.2, -0.15) is 0 Å². The summed E-state index contributed by atoms with van der Waals surface area (Å²) >= 11 is 7.65. The van der Waals surface area contributed by atoms with Crippen molar-refractivity contribution in [2.45, 2.75) is 30.8 Å². The molecule has 0 aliphatic rings. The van der Waals surface area contributed by atoms with E-state index in [1.54, 1.807) is 54.2 Å². The van der Waals surface area contributed by atoms with E-state index in [0.717, 1.165) is 15.1 Å². The number of benzene rings is 3. The predicted molar refractivity (Wildman–Crippen MR) is 134 cm³/mol. The van der Waals surface area contributed by atoms with Crippen molar-refractivity contribution in [1.82, 2.24) is 14.3 Å². The minimum atomic E-state index is -0.467. The van der Waals surface area contributed by atoms with Crippen LogP contribution in [0.5, 0.6) is 0 Å². The van der Waals surface area contributed by atoms with E-state index in [4.69, 9.17) is 11.6 Å². The molecule has 0 saturated heterocycles. The van der Waals surface area contributed by atoms with Gasteiger partial charge in [-0.15, -0.1) is 16.9 Å². The molecule has 4 aromatic rings. The number of ketones is 1. The highest BCUT2D eigenvalue weighted by Gasteiger charge is 2.18. The molecule has 0 fully saturated rings. The predicted octanol–water partition coefficient (Wildman–Crippen LogP) is 5.48. The molecule has 0 bridgehead atoms. The number of carbonyl (C=O) groups excluding carboxylic acids is 1. The summed E-state index contributed by atoms with van der Waals surface area (Å²) in [5, 5.41) is 4.99. The van der Waals surface area contributed by atoms with Crippen LogP contribution in [0.2, 0.25) is 5.02 Å². The fourth-order valence-corrected chi connectivity index (χ4v) is 4.50. The monoisotopic (exact) mass is 495 g/mol. The minimum Gasteiger partial charge on any atom is -0.298 e. The summed E-state index contributed by atoms with van der Waals surface area (Å²) in [6, 6.07) is 21.1. The van der Waals surface area contributed by atoms with Crippen LogP contribution in [0.1, 0.15) is 17.5 Å². The van der Waals surface area contributed by atoms with Crippen LogP contribution in [-0.2, 0) is 24.3 Å². The molecule has 0 saturated carbocycles. The van der Waals surface area contributed by atoms with E-state index in [2.05, 4.69) is 5.10 Å². The normalized spacial score (nSPS) is 11.0. The maximum absolute atomic E-state index is 14.3. The standard InChI is InChI=1S/C26H23ClFN3O2S/c1-34-24-9-5-3-6-18(24)12-15-22(32)17-31-26(33)30(16-20-7-2-4-8-23(20)28)25(29-31)19-10-13-21(27)14-11-19/h2-11,13-14H,12,15-17H2,1H3. The fraction of sp³-hybridized carbons (Fsp3) is 0.192. The first-order valence-corrected chi connectivity index (χ1v) is 12.4. The molecule has 4 rings (SSSR count). The third kappa shape index (κ3) is 5.48. The second-order valence-electron chi connectivity index (χ2n) is 7.80. The maximum atomic E-state index is 14.3. The number of aromatic nitrogens is 3. The van der Waals surface area contributed by atoms with E-state index < -0.39 is 11.5 Å². The first kappa shape index (κ1) is 24.0. The van der Waals surface area contributed by atoms with Gasteiger partial charge in [0.05, 0.1) is 6.54 Å². The molecule has 0 unspecified atom stereocenters. The Bertz CT molecular complexity index is 1370. The number of thioether (sulfide) groups is 1. The second-order valence-corrected chi connectivity index (χ2v) is 9.08. The van der Waals surface area contributed by atoms with Gasteiger partial charge in [0.25, 0.3) is 0 Å². The van der Waals surface area contributed by atoms with Crippen molar-refractivity contribution in [3.05, 3.63) is 105 Å². The van der Waals surface area contributed by atoms with Crippen molar-refractivity contribution in [2.24, 2.45) is 0 Å². The van der Waals surface area contributed by atoms with Crippen LogP contribution < -0.4 is 5.69 Å². The lowest BCUT2D eigenvalue weighted by Crippen LogP contribution is -2.28. The zero-order valence-electron chi connectivity index (χ0n) is 18.6. The lowest BCUT2D eigenvalue weighted by Gasteiger charge is -2.07.